The van der Waals surface area contributed by atoms with Crippen LogP contribution in [-0.4, -0.2) is 39.8 Å². The van der Waals surface area contributed by atoms with Crippen molar-refractivity contribution < 1.29 is 26.3 Å². The lowest BCUT2D eigenvalue weighted by molar-refractivity contribution is -0.137. The highest BCUT2D eigenvalue weighted by molar-refractivity contribution is 7.89. The van der Waals surface area contributed by atoms with Gasteiger partial charge in [-0.15, -0.1) is 12.4 Å². The largest absolute Gasteiger partial charge is 0.416 e. The van der Waals surface area contributed by atoms with E-state index in [1.165, 1.54) is 0 Å². The monoisotopic (exact) mass is 400 g/mol. The highest BCUT2D eigenvalue weighted by atomic mass is 35.5. The maximum atomic E-state index is 12.6. The van der Waals surface area contributed by atoms with Crippen molar-refractivity contribution >= 4 is 22.4 Å². The number of nitrogens with one attached hydrogen (secondary N) is 2. The van der Waals surface area contributed by atoms with Crippen molar-refractivity contribution in [1.82, 2.24) is 10.0 Å². The number of rotatable bonds is 3. The van der Waals surface area contributed by atoms with E-state index < -0.39 is 21.8 Å². The Labute approximate surface area is 150 Å². The molecule has 2 fully saturated rings. The number of hydrogen-bond acceptors (Lipinski definition) is 4. The molecule has 0 aliphatic carbocycles. The summed E-state index contributed by atoms with van der Waals surface area (Å²) in [6.07, 6.45) is -2.26. The first-order chi connectivity index (χ1) is 11.2. The van der Waals surface area contributed by atoms with Crippen molar-refractivity contribution in [2.75, 3.05) is 19.7 Å². The Morgan fingerprint density at radius 3 is 2.32 bits per heavy atom. The Morgan fingerprint density at radius 2 is 1.76 bits per heavy atom. The van der Waals surface area contributed by atoms with Crippen LogP contribution in [0.5, 0.6) is 0 Å². The zero-order valence-electron chi connectivity index (χ0n) is 13.3. The lowest BCUT2D eigenvalue weighted by Gasteiger charge is -2.32. The summed E-state index contributed by atoms with van der Waals surface area (Å²) in [6.45, 7) is 1.94. The third-order valence-corrected chi connectivity index (χ3v) is 6.07. The van der Waals surface area contributed by atoms with Crippen LogP contribution in [0.3, 0.4) is 0 Å². The Balaban J connectivity index is 0.00000225. The van der Waals surface area contributed by atoms with Crippen molar-refractivity contribution in [2.24, 2.45) is 0 Å². The topological polar surface area (TPSA) is 67.4 Å². The summed E-state index contributed by atoms with van der Waals surface area (Å²) in [5, 5.41) is 3.23. The first kappa shape index (κ1) is 20.4. The van der Waals surface area contributed by atoms with E-state index in [0.717, 1.165) is 50.2 Å². The van der Waals surface area contributed by atoms with E-state index in [9.17, 15) is 21.6 Å². The van der Waals surface area contributed by atoms with Gasteiger partial charge < -0.3 is 10.1 Å². The predicted octanol–water partition coefficient (Wildman–Crippen LogP) is 2.32. The van der Waals surface area contributed by atoms with Crippen molar-refractivity contribution in [1.29, 1.82) is 0 Å². The van der Waals surface area contributed by atoms with Gasteiger partial charge in [0.05, 0.1) is 22.7 Å². The molecule has 0 radical (unpaired) electrons. The summed E-state index contributed by atoms with van der Waals surface area (Å²) in [4.78, 5) is -0.179. The van der Waals surface area contributed by atoms with Gasteiger partial charge >= 0.3 is 6.18 Å². The van der Waals surface area contributed by atoms with Gasteiger partial charge in [-0.05, 0) is 56.6 Å². The molecular weight excluding hydrogens is 381 g/mol. The van der Waals surface area contributed by atoms with Gasteiger partial charge in [0.15, 0.2) is 0 Å². The number of piperidine rings is 1. The van der Waals surface area contributed by atoms with Gasteiger partial charge in [-0.3, -0.25) is 0 Å². The second kappa shape index (κ2) is 7.40. The quantitative estimate of drug-likeness (QED) is 0.817. The smallest absolute Gasteiger partial charge is 0.373 e. The van der Waals surface area contributed by atoms with E-state index in [0.29, 0.717) is 6.42 Å². The average molecular weight is 401 g/mol. The van der Waals surface area contributed by atoms with Crippen LogP contribution >= 0.6 is 12.4 Å². The Morgan fingerprint density at radius 1 is 1.16 bits per heavy atom. The highest BCUT2D eigenvalue weighted by Gasteiger charge is 2.42. The molecule has 2 aliphatic rings. The third kappa shape index (κ3) is 4.65. The van der Waals surface area contributed by atoms with E-state index in [1.54, 1.807) is 0 Å². The standard InChI is InChI=1S/C15H19F3N2O3S.ClH/c16-15(17,18)11-1-3-13(4-2-11)24(21,22)20-12-9-14(23-10-12)5-7-19-8-6-14;/h1-4,12,19-20H,5-10H2;1H. The van der Waals surface area contributed by atoms with Crippen molar-refractivity contribution in [2.45, 2.75) is 42.0 Å². The molecule has 2 heterocycles. The lowest BCUT2D eigenvalue weighted by Crippen LogP contribution is -2.43. The molecule has 2 saturated heterocycles. The molecule has 1 spiro atoms. The summed E-state index contributed by atoms with van der Waals surface area (Å²) in [7, 11) is -3.87. The zero-order chi connectivity index (χ0) is 17.4. The van der Waals surface area contributed by atoms with Gasteiger partial charge in [-0.1, -0.05) is 0 Å². The molecule has 1 aromatic rings. The van der Waals surface area contributed by atoms with E-state index in [1.807, 2.05) is 0 Å². The Bertz CT molecular complexity index is 689. The number of benzene rings is 1. The minimum absolute atomic E-state index is 0. The fraction of sp³-hybridized carbons (Fsp3) is 0.600. The van der Waals surface area contributed by atoms with E-state index in [4.69, 9.17) is 4.74 Å². The highest BCUT2D eigenvalue weighted by Crippen LogP contribution is 2.34. The number of alkyl halides is 3. The fourth-order valence-corrected chi connectivity index (χ4v) is 4.48. The van der Waals surface area contributed by atoms with Gasteiger partial charge in [-0.25, -0.2) is 13.1 Å². The van der Waals surface area contributed by atoms with Crippen LogP contribution in [0.15, 0.2) is 29.2 Å². The van der Waals surface area contributed by atoms with Gasteiger partial charge in [0, 0.05) is 6.04 Å². The fourth-order valence-electron chi connectivity index (χ4n) is 3.26. The maximum Gasteiger partial charge on any atom is 0.416 e. The summed E-state index contributed by atoms with van der Waals surface area (Å²) in [6, 6.07) is 3.13. The van der Waals surface area contributed by atoms with Crippen LogP contribution in [-0.2, 0) is 20.9 Å². The van der Waals surface area contributed by atoms with Crippen LogP contribution in [0.4, 0.5) is 13.2 Å². The van der Waals surface area contributed by atoms with Gasteiger partial charge in [0.1, 0.15) is 0 Å². The molecule has 0 bridgehead atoms. The minimum Gasteiger partial charge on any atom is -0.373 e. The molecule has 1 atom stereocenters. The molecule has 1 unspecified atom stereocenters. The molecule has 5 nitrogen and oxygen atoms in total. The van der Waals surface area contributed by atoms with Crippen LogP contribution in [0, 0.1) is 0 Å². The SMILES string of the molecule is Cl.O=S(=O)(NC1COC2(CCNCC2)C1)c1ccc(C(F)(F)F)cc1. The second-order valence-electron chi connectivity index (χ2n) is 6.29. The molecule has 1 aromatic carbocycles. The second-order valence-corrected chi connectivity index (χ2v) is 8.00. The van der Waals surface area contributed by atoms with Crippen LogP contribution in [0.2, 0.25) is 0 Å². The molecule has 0 saturated carbocycles. The van der Waals surface area contributed by atoms with Gasteiger partial charge in [0.25, 0.3) is 0 Å². The molecule has 3 rings (SSSR count). The number of ether oxygens (including phenoxy) is 1. The normalized spacial score (nSPS) is 23.4. The molecule has 0 aromatic heterocycles. The van der Waals surface area contributed by atoms with Gasteiger partial charge in [0.2, 0.25) is 10.0 Å². The summed E-state index contributed by atoms with van der Waals surface area (Å²) >= 11 is 0. The van der Waals surface area contributed by atoms with Crippen molar-refractivity contribution in [3.63, 3.8) is 0 Å². The summed E-state index contributed by atoms with van der Waals surface area (Å²) < 4.78 is 70.8. The van der Waals surface area contributed by atoms with Crippen LogP contribution in [0.1, 0.15) is 24.8 Å². The molecule has 2 N–H and O–H groups in total. The predicted molar refractivity (Wildman–Crippen MR) is 88.2 cm³/mol. The Hall–Kier alpha value is -0.870. The molecule has 0 amide bonds. The van der Waals surface area contributed by atoms with Crippen LogP contribution in [0.25, 0.3) is 0 Å². The first-order valence-electron chi connectivity index (χ1n) is 7.75. The number of hydrogen-bond donors (Lipinski definition) is 2. The van der Waals surface area contributed by atoms with Gasteiger partial charge in [-0.2, -0.15) is 13.2 Å². The van der Waals surface area contributed by atoms with Crippen LogP contribution < -0.4 is 10.0 Å². The molecule has 142 valence electrons. The third-order valence-electron chi connectivity index (χ3n) is 4.54. The average Bonchev–Trinajstić information content (AvgIpc) is 2.89. The van der Waals surface area contributed by atoms with Crippen molar-refractivity contribution in [3.05, 3.63) is 29.8 Å². The summed E-state index contributed by atoms with van der Waals surface area (Å²) in [5.74, 6) is 0. The molecule has 25 heavy (non-hydrogen) atoms. The first-order valence-corrected chi connectivity index (χ1v) is 9.23. The molecule has 2 aliphatic heterocycles. The number of sulfonamides is 1. The minimum atomic E-state index is -4.49. The zero-order valence-corrected chi connectivity index (χ0v) is 14.9. The van der Waals surface area contributed by atoms with Crippen molar-refractivity contribution in [3.8, 4) is 0 Å². The summed E-state index contributed by atoms with van der Waals surface area (Å²) in [5.41, 5.74) is -1.17. The number of halogens is 4. The maximum absolute atomic E-state index is 12.6. The van der Waals surface area contributed by atoms with E-state index in [2.05, 4.69) is 10.0 Å². The van der Waals surface area contributed by atoms with E-state index >= 15 is 0 Å². The Kier molecular flexibility index (Phi) is 6.05. The molecular formula is C15H20ClF3N2O3S. The van der Waals surface area contributed by atoms with E-state index in [-0.39, 0.29) is 35.6 Å². The lowest BCUT2D eigenvalue weighted by atomic mass is 9.88. The molecule has 10 heteroatoms.